The summed E-state index contributed by atoms with van der Waals surface area (Å²) in [5, 5.41) is 6.33. The van der Waals surface area contributed by atoms with Gasteiger partial charge in [0, 0.05) is 19.0 Å². The predicted octanol–water partition coefficient (Wildman–Crippen LogP) is 1.29. The molecule has 1 fully saturated rings. The second-order valence-corrected chi connectivity index (χ2v) is 4.55. The lowest BCUT2D eigenvalue weighted by Crippen LogP contribution is -2.39. The van der Waals surface area contributed by atoms with Gasteiger partial charge in [-0.2, -0.15) is 0 Å². The van der Waals surface area contributed by atoms with E-state index in [9.17, 15) is 4.79 Å². The molecule has 1 aliphatic heterocycles. The van der Waals surface area contributed by atoms with Gasteiger partial charge in [-0.05, 0) is 25.3 Å². The Morgan fingerprint density at radius 2 is 2.29 bits per heavy atom. The molecule has 0 saturated carbocycles. The highest BCUT2D eigenvalue weighted by Crippen LogP contribution is 2.09. The highest BCUT2D eigenvalue weighted by Gasteiger charge is 2.15. The second-order valence-electron chi connectivity index (χ2n) is 4.55. The minimum Gasteiger partial charge on any atom is -0.356 e. The Bertz CT molecular complexity index is 174. The van der Waals surface area contributed by atoms with E-state index >= 15 is 0 Å². The molecule has 1 rings (SSSR count). The molecule has 0 spiro atoms. The van der Waals surface area contributed by atoms with Gasteiger partial charge in [0.15, 0.2) is 0 Å². The summed E-state index contributed by atoms with van der Waals surface area (Å²) in [6.07, 6.45) is 4.31. The van der Waals surface area contributed by atoms with E-state index in [1.54, 1.807) is 0 Å². The Kier molecular flexibility index (Phi) is 4.94. The molecule has 1 aliphatic rings. The van der Waals surface area contributed by atoms with Crippen molar-refractivity contribution < 1.29 is 4.79 Å². The van der Waals surface area contributed by atoms with Crippen LogP contribution in [0.25, 0.3) is 0 Å². The van der Waals surface area contributed by atoms with Crippen molar-refractivity contribution in [3.63, 3.8) is 0 Å². The van der Waals surface area contributed by atoms with E-state index in [4.69, 9.17) is 0 Å². The van der Waals surface area contributed by atoms with Gasteiger partial charge in [-0.25, -0.2) is 0 Å². The Morgan fingerprint density at radius 3 is 2.86 bits per heavy atom. The molecule has 0 aromatic rings. The van der Waals surface area contributed by atoms with Gasteiger partial charge in [-0.1, -0.05) is 20.3 Å². The van der Waals surface area contributed by atoms with Crippen LogP contribution in [0.2, 0.25) is 0 Å². The average Bonchev–Trinajstić information content (AvgIpc) is 2.16. The first-order valence-electron chi connectivity index (χ1n) is 5.68. The molecule has 3 heteroatoms. The quantitative estimate of drug-likeness (QED) is 0.714. The van der Waals surface area contributed by atoms with Crippen LogP contribution < -0.4 is 10.6 Å². The topological polar surface area (TPSA) is 41.1 Å². The van der Waals surface area contributed by atoms with Crippen LogP contribution in [0.3, 0.4) is 0 Å². The molecule has 1 heterocycles. The Balaban J connectivity index is 2.12. The summed E-state index contributed by atoms with van der Waals surface area (Å²) in [4.78, 5) is 11.5. The molecule has 1 atom stereocenters. The van der Waals surface area contributed by atoms with Gasteiger partial charge in [-0.3, -0.25) is 4.79 Å². The normalized spacial score (nSPS) is 22.4. The molecule has 14 heavy (non-hydrogen) atoms. The van der Waals surface area contributed by atoms with Crippen LogP contribution >= 0.6 is 0 Å². The highest BCUT2D eigenvalue weighted by atomic mass is 16.1. The fourth-order valence-electron chi connectivity index (χ4n) is 1.71. The van der Waals surface area contributed by atoms with E-state index in [0.29, 0.717) is 18.4 Å². The molecule has 0 bridgehead atoms. The van der Waals surface area contributed by atoms with Crippen LogP contribution in [0.15, 0.2) is 0 Å². The van der Waals surface area contributed by atoms with Crippen molar-refractivity contribution in [3.8, 4) is 0 Å². The van der Waals surface area contributed by atoms with Crippen molar-refractivity contribution in [2.75, 3.05) is 13.1 Å². The summed E-state index contributed by atoms with van der Waals surface area (Å²) in [5.74, 6) is 0.733. The van der Waals surface area contributed by atoms with E-state index in [-0.39, 0.29) is 5.91 Å². The van der Waals surface area contributed by atoms with Crippen LogP contribution in [-0.2, 0) is 4.79 Å². The average molecular weight is 198 g/mol. The number of carbonyl (C=O) groups excluding carboxylic acids is 1. The van der Waals surface area contributed by atoms with Crippen molar-refractivity contribution in [2.24, 2.45) is 5.92 Å². The number of piperidine rings is 1. The number of hydrogen-bond donors (Lipinski definition) is 2. The van der Waals surface area contributed by atoms with Gasteiger partial charge in [0.25, 0.3) is 0 Å². The van der Waals surface area contributed by atoms with Crippen LogP contribution in [-0.4, -0.2) is 25.0 Å². The molecule has 0 unspecified atom stereocenters. The van der Waals surface area contributed by atoms with Gasteiger partial charge in [0.05, 0.1) is 0 Å². The minimum absolute atomic E-state index is 0.193. The van der Waals surface area contributed by atoms with Crippen LogP contribution in [0.4, 0.5) is 0 Å². The zero-order valence-electron chi connectivity index (χ0n) is 9.31. The zero-order chi connectivity index (χ0) is 10.4. The number of hydrogen-bond acceptors (Lipinski definition) is 2. The van der Waals surface area contributed by atoms with Gasteiger partial charge in [-0.15, -0.1) is 0 Å². The lowest BCUT2D eigenvalue weighted by molar-refractivity contribution is -0.121. The van der Waals surface area contributed by atoms with E-state index in [2.05, 4.69) is 24.5 Å². The van der Waals surface area contributed by atoms with Crippen molar-refractivity contribution in [3.05, 3.63) is 0 Å². The lowest BCUT2D eigenvalue weighted by atomic mass is 10.0. The van der Waals surface area contributed by atoms with Crippen molar-refractivity contribution >= 4 is 5.91 Å². The maximum absolute atomic E-state index is 11.5. The van der Waals surface area contributed by atoms with Gasteiger partial charge < -0.3 is 10.6 Å². The summed E-state index contributed by atoms with van der Waals surface area (Å²) < 4.78 is 0. The SMILES string of the molecule is CC(C)CNC(=O)C[C@@H]1CCCCN1. The molecule has 0 aliphatic carbocycles. The monoisotopic (exact) mass is 198 g/mol. The maximum Gasteiger partial charge on any atom is 0.221 e. The van der Waals surface area contributed by atoms with Crippen molar-refractivity contribution in [1.29, 1.82) is 0 Å². The van der Waals surface area contributed by atoms with Gasteiger partial charge in [0.1, 0.15) is 0 Å². The van der Waals surface area contributed by atoms with E-state index < -0.39 is 0 Å². The predicted molar refractivity (Wildman–Crippen MR) is 58.1 cm³/mol. The smallest absolute Gasteiger partial charge is 0.221 e. The second kappa shape index (κ2) is 6.02. The largest absolute Gasteiger partial charge is 0.356 e. The molecule has 2 N–H and O–H groups in total. The third-order valence-corrected chi connectivity index (χ3v) is 2.55. The highest BCUT2D eigenvalue weighted by molar-refractivity contribution is 5.76. The summed E-state index contributed by atoms with van der Waals surface area (Å²) in [5.41, 5.74) is 0. The molecular weight excluding hydrogens is 176 g/mol. The van der Waals surface area contributed by atoms with Crippen molar-refractivity contribution in [1.82, 2.24) is 10.6 Å². The van der Waals surface area contributed by atoms with Crippen LogP contribution in [0.5, 0.6) is 0 Å². The lowest BCUT2D eigenvalue weighted by Gasteiger charge is -2.22. The third kappa shape index (κ3) is 4.61. The van der Waals surface area contributed by atoms with E-state index in [0.717, 1.165) is 19.5 Å². The zero-order valence-corrected chi connectivity index (χ0v) is 9.31. The Morgan fingerprint density at radius 1 is 1.50 bits per heavy atom. The summed E-state index contributed by atoms with van der Waals surface area (Å²) in [7, 11) is 0. The summed E-state index contributed by atoms with van der Waals surface area (Å²) in [6, 6.07) is 0.413. The summed E-state index contributed by atoms with van der Waals surface area (Å²) >= 11 is 0. The first-order valence-corrected chi connectivity index (χ1v) is 5.68. The third-order valence-electron chi connectivity index (χ3n) is 2.55. The van der Waals surface area contributed by atoms with Crippen molar-refractivity contribution in [2.45, 2.75) is 45.6 Å². The molecular formula is C11H22N2O. The number of amides is 1. The molecule has 1 amide bonds. The fourth-order valence-corrected chi connectivity index (χ4v) is 1.71. The van der Waals surface area contributed by atoms with Crippen LogP contribution in [0, 0.1) is 5.92 Å². The Labute approximate surface area is 86.6 Å². The summed E-state index contributed by atoms with van der Waals surface area (Å²) in [6.45, 7) is 6.09. The van der Waals surface area contributed by atoms with E-state index in [1.165, 1.54) is 12.8 Å². The van der Waals surface area contributed by atoms with Gasteiger partial charge in [0.2, 0.25) is 5.91 Å². The Hall–Kier alpha value is -0.570. The molecule has 1 saturated heterocycles. The molecule has 3 nitrogen and oxygen atoms in total. The number of rotatable bonds is 4. The number of carbonyl (C=O) groups is 1. The van der Waals surface area contributed by atoms with E-state index in [1.807, 2.05) is 0 Å². The van der Waals surface area contributed by atoms with Crippen LogP contribution in [0.1, 0.15) is 39.5 Å². The minimum atomic E-state index is 0.193. The molecule has 0 aromatic heterocycles. The first-order chi connectivity index (χ1) is 6.68. The molecule has 82 valence electrons. The maximum atomic E-state index is 11.5. The van der Waals surface area contributed by atoms with Gasteiger partial charge >= 0.3 is 0 Å². The number of nitrogens with one attached hydrogen (secondary N) is 2. The fraction of sp³-hybridized carbons (Fsp3) is 0.909. The molecule has 0 aromatic carbocycles. The first kappa shape index (κ1) is 11.5. The standard InChI is InChI=1S/C11H22N2O/c1-9(2)8-13-11(14)7-10-5-3-4-6-12-10/h9-10,12H,3-8H2,1-2H3,(H,13,14)/t10-/m0/s1. The molecule has 0 radical (unpaired) electrons.